The van der Waals surface area contributed by atoms with Crippen LogP contribution in [0.25, 0.3) is 0 Å². The van der Waals surface area contributed by atoms with Gasteiger partial charge in [-0.05, 0) is 51.1 Å². The fraction of sp³-hybridized carbons (Fsp3) is 0.619. The number of carbonyl (C=O) groups is 2. The summed E-state index contributed by atoms with van der Waals surface area (Å²) >= 11 is 0. The summed E-state index contributed by atoms with van der Waals surface area (Å²) in [5, 5.41) is 3.01. The number of likely N-dealkylation sites (N-methyl/N-ethyl adjacent to an activating group) is 1. The Bertz CT molecular complexity index is 623. The monoisotopic (exact) mass is 377 g/mol. The minimum absolute atomic E-state index is 0.0258. The van der Waals surface area contributed by atoms with Gasteiger partial charge in [-0.2, -0.15) is 0 Å². The molecule has 6 heteroatoms. The number of hydrogen-bond donors (Lipinski definition) is 1. The van der Waals surface area contributed by atoms with Gasteiger partial charge in [0.1, 0.15) is 5.82 Å². The second kappa shape index (κ2) is 9.95. The lowest BCUT2D eigenvalue weighted by Crippen LogP contribution is -2.58. The maximum Gasteiger partial charge on any atom is 0.220 e. The number of benzene rings is 1. The van der Waals surface area contributed by atoms with E-state index in [2.05, 4.69) is 35.9 Å². The first-order valence-corrected chi connectivity index (χ1v) is 9.84. The Balaban J connectivity index is 1.68. The fourth-order valence-corrected chi connectivity index (χ4v) is 3.37. The van der Waals surface area contributed by atoms with Crippen molar-refractivity contribution in [1.82, 2.24) is 15.1 Å². The van der Waals surface area contributed by atoms with Crippen molar-refractivity contribution in [2.45, 2.75) is 45.6 Å². The van der Waals surface area contributed by atoms with E-state index < -0.39 is 0 Å². The summed E-state index contributed by atoms with van der Waals surface area (Å²) in [5.74, 6) is -0.441. The number of rotatable bonds is 9. The van der Waals surface area contributed by atoms with E-state index in [1.165, 1.54) is 24.3 Å². The minimum Gasteiger partial charge on any atom is -0.354 e. The van der Waals surface area contributed by atoms with Crippen LogP contribution in [0.1, 0.15) is 50.4 Å². The summed E-state index contributed by atoms with van der Waals surface area (Å²) in [6, 6.07) is 5.53. The Morgan fingerprint density at radius 2 is 1.70 bits per heavy atom. The zero-order valence-corrected chi connectivity index (χ0v) is 16.8. The standard InChI is InChI=1S/C21H32FN3O2/c1-4-24-12-14-25(15-13-24)21(2,3)16-23-20(27)7-5-6-19(26)17-8-10-18(22)11-9-17/h8-11H,4-7,12-16H2,1-3H3,(H,23,27). The summed E-state index contributed by atoms with van der Waals surface area (Å²) in [6.45, 7) is 12.4. The van der Waals surface area contributed by atoms with E-state index >= 15 is 0 Å². The Morgan fingerprint density at radius 3 is 2.30 bits per heavy atom. The zero-order chi connectivity index (χ0) is 19.9. The van der Waals surface area contributed by atoms with Gasteiger partial charge in [0, 0.05) is 56.7 Å². The third-order valence-corrected chi connectivity index (χ3v) is 5.37. The molecule has 1 N–H and O–H groups in total. The molecule has 27 heavy (non-hydrogen) atoms. The normalized spacial score (nSPS) is 16.3. The van der Waals surface area contributed by atoms with Crippen LogP contribution in [-0.4, -0.2) is 66.3 Å². The second-order valence-corrected chi connectivity index (χ2v) is 7.79. The number of hydrogen-bond acceptors (Lipinski definition) is 4. The van der Waals surface area contributed by atoms with E-state index in [1.54, 1.807) is 0 Å². The van der Waals surface area contributed by atoms with Gasteiger partial charge in [0.2, 0.25) is 5.91 Å². The van der Waals surface area contributed by atoms with Crippen LogP contribution in [-0.2, 0) is 4.79 Å². The Morgan fingerprint density at radius 1 is 1.07 bits per heavy atom. The molecule has 1 aliphatic heterocycles. The van der Waals surface area contributed by atoms with E-state index in [4.69, 9.17) is 0 Å². The third kappa shape index (κ3) is 6.70. The van der Waals surface area contributed by atoms with Crippen LogP contribution in [0.3, 0.4) is 0 Å². The molecule has 0 unspecified atom stereocenters. The quantitative estimate of drug-likeness (QED) is 0.673. The van der Waals surface area contributed by atoms with E-state index in [9.17, 15) is 14.0 Å². The number of nitrogens with one attached hydrogen (secondary N) is 1. The molecule has 5 nitrogen and oxygen atoms in total. The maximum absolute atomic E-state index is 12.9. The number of nitrogens with zero attached hydrogens (tertiary/aromatic N) is 2. The fourth-order valence-electron chi connectivity index (χ4n) is 3.37. The number of ketones is 1. The summed E-state index contributed by atoms with van der Waals surface area (Å²) in [5.41, 5.74) is 0.406. The molecule has 1 saturated heterocycles. The van der Waals surface area contributed by atoms with Crippen molar-refractivity contribution in [3.8, 4) is 0 Å². The Kier molecular flexibility index (Phi) is 7.92. The molecule has 0 radical (unpaired) electrons. The van der Waals surface area contributed by atoms with Crippen molar-refractivity contribution >= 4 is 11.7 Å². The number of halogens is 1. The molecule has 1 aromatic carbocycles. The van der Waals surface area contributed by atoms with Crippen molar-refractivity contribution in [3.63, 3.8) is 0 Å². The molecule has 150 valence electrons. The first-order valence-electron chi connectivity index (χ1n) is 9.84. The van der Waals surface area contributed by atoms with Crippen LogP contribution >= 0.6 is 0 Å². The van der Waals surface area contributed by atoms with Crippen molar-refractivity contribution in [2.24, 2.45) is 0 Å². The van der Waals surface area contributed by atoms with Crippen LogP contribution in [0.5, 0.6) is 0 Å². The highest BCUT2D eigenvalue weighted by molar-refractivity contribution is 5.96. The molecule has 2 rings (SSSR count). The highest BCUT2D eigenvalue weighted by Crippen LogP contribution is 2.16. The first-order chi connectivity index (χ1) is 12.8. The molecule has 1 amide bonds. The van der Waals surface area contributed by atoms with Gasteiger partial charge in [-0.1, -0.05) is 6.92 Å². The average molecular weight is 378 g/mol. The number of carbonyl (C=O) groups excluding carboxylic acids is 2. The first kappa shape index (κ1) is 21.5. The molecule has 1 fully saturated rings. The van der Waals surface area contributed by atoms with Gasteiger partial charge >= 0.3 is 0 Å². The van der Waals surface area contributed by atoms with Gasteiger partial charge in [0.15, 0.2) is 5.78 Å². The molecule has 0 saturated carbocycles. The summed E-state index contributed by atoms with van der Waals surface area (Å²) in [6.07, 6.45) is 1.12. The molecule has 0 aromatic heterocycles. The van der Waals surface area contributed by atoms with Crippen molar-refractivity contribution in [3.05, 3.63) is 35.6 Å². The highest BCUT2D eigenvalue weighted by Gasteiger charge is 2.29. The van der Waals surface area contributed by atoms with Gasteiger partial charge < -0.3 is 10.2 Å². The van der Waals surface area contributed by atoms with Crippen molar-refractivity contribution < 1.29 is 14.0 Å². The second-order valence-electron chi connectivity index (χ2n) is 7.79. The lowest BCUT2D eigenvalue weighted by Gasteiger charge is -2.44. The van der Waals surface area contributed by atoms with Gasteiger partial charge in [-0.3, -0.25) is 14.5 Å². The number of amides is 1. The zero-order valence-electron chi connectivity index (χ0n) is 16.8. The number of Topliss-reactive ketones (excluding diaryl/α,β-unsaturated/α-hetero) is 1. The van der Waals surface area contributed by atoms with Gasteiger partial charge in [-0.15, -0.1) is 0 Å². The number of piperazine rings is 1. The summed E-state index contributed by atoms with van der Waals surface area (Å²) < 4.78 is 12.9. The SMILES string of the molecule is CCN1CCN(C(C)(C)CNC(=O)CCCC(=O)c2ccc(F)cc2)CC1. The molecule has 1 aliphatic rings. The molecule has 0 bridgehead atoms. The van der Waals surface area contributed by atoms with Crippen molar-refractivity contribution in [2.75, 3.05) is 39.3 Å². The largest absolute Gasteiger partial charge is 0.354 e. The summed E-state index contributed by atoms with van der Waals surface area (Å²) in [7, 11) is 0. The van der Waals surface area contributed by atoms with Crippen LogP contribution in [0.2, 0.25) is 0 Å². The van der Waals surface area contributed by atoms with Crippen molar-refractivity contribution in [1.29, 1.82) is 0 Å². The average Bonchev–Trinajstić information content (AvgIpc) is 2.67. The van der Waals surface area contributed by atoms with Gasteiger partial charge in [0.25, 0.3) is 0 Å². The molecule has 0 spiro atoms. The third-order valence-electron chi connectivity index (χ3n) is 5.37. The predicted octanol–water partition coefficient (Wildman–Crippen LogP) is 2.71. The van der Waals surface area contributed by atoms with Crippen LogP contribution < -0.4 is 5.32 Å². The Hall–Kier alpha value is -1.79. The topological polar surface area (TPSA) is 52.6 Å². The van der Waals surface area contributed by atoms with E-state index in [0.29, 0.717) is 31.4 Å². The highest BCUT2D eigenvalue weighted by atomic mass is 19.1. The van der Waals surface area contributed by atoms with E-state index in [1.807, 2.05) is 0 Å². The van der Waals surface area contributed by atoms with Crippen LogP contribution in [0.15, 0.2) is 24.3 Å². The van der Waals surface area contributed by atoms with E-state index in [0.717, 1.165) is 32.7 Å². The summed E-state index contributed by atoms with van der Waals surface area (Å²) in [4.78, 5) is 29.0. The minimum atomic E-state index is -0.357. The molecule has 0 aliphatic carbocycles. The molecule has 0 atom stereocenters. The van der Waals surface area contributed by atoms with Gasteiger partial charge in [-0.25, -0.2) is 4.39 Å². The van der Waals surface area contributed by atoms with Crippen LogP contribution in [0.4, 0.5) is 4.39 Å². The Labute approximate surface area is 161 Å². The molecular weight excluding hydrogens is 345 g/mol. The smallest absolute Gasteiger partial charge is 0.220 e. The maximum atomic E-state index is 12.9. The van der Waals surface area contributed by atoms with Crippen LogP contribution in [0, 0.1) is 5.82 Å². The molecular formula is C21H32FN3O2. The lowest BCUT2D eigenvalue weighted by molar-refractivity contribution is -0.121. The lowest BCUT2D eigenvalue weighted by atomic mass is 10.0. The van der Waals surface area contributed by atoms with Gasteiger partial charge in [0.05, 0.1) is 0 Å². The predicted molar refractivity (Wildman–Crippen MR) is 105 cm³/mol. The molecule has 1 heterocycles. The molecule has 1 aromatic rings. The van der Waals surface area contributed by atoms with E-state index in [-0.39, 0.29) is 23.0 Å².